The van der Waals surface area contributed by atoms with Crippen molar-refractivity contribution in [2.24, 2.45) is 5.92 Å². The van der Waals surface area contributed by atoms with Gasteiger partial charge >= 0.3 is 5.97 Å². The third kappa shape index (κ3) is 4.34. The molecule has 0 saturated heterocycles. The third-order valence-corrected chi connectivity index (χ3v) is 4.72. The number of furan rings is 1. The Hall–Kier alpha value is -1.82. The van der Waals surface area contributed by atoms with E-state index in [2.05, 4.69) is 0 Å². The van der Waals surface area contributed by atoms with Crippen molar-refractivity contribution in [1.82, 2.24) is 0 Å². The molecule has 1 aliphatic carbocycles. The summed E-state index contributed by atoms with van der Waals surface area (Å²) in [6, 6.07) is 3.39. The minimum Gasteiger partial charge on any atom is -0.481 e. The lowest BCUT2D eigenvalue weighted by atomic mass is 9.80. The van der Waals surface area contributed by atoms with Gasteiger partial charge in [-0.3, -0.25) is 14.5 Å². The molecule has 1 unspecified atom stereocenters. The fourth-order valence-corrected chi connectivity index (χ4v) is 3.44. The van der Waals surface area contributed by atoms with Gasteiger partial charge in [0.2, 0.25) is 11.8 Å². The number of carbonyl (C=O) groups is 2. The number of aliphatic carboxylic acids is 1. The third-order valence-electron chi connectivity index (χ3n) is 4.72. The number of anilines is 1. The van der Waals surface area contributed by atoms with Crippen molar-refractivity contribution >= 4 is 17.8 Å². The maximum Gasteiger partial charge on any atom is 0.306 e. The Bertz CT molecular complexity index is 521. The van der Waals surface area contributed by atoms with Crippen molar-refractivity contribution in [2.75, 3.05) is 11.4 Å². The summed E-state index contributed by atoms with van der Waals surface area (Å²) in [6.07, 6.45) is 5.47. The SMILES string of the molecule is CCC(=O)N(CCC(O)(CC(=O)O)C1CCCC1)c1ccco1. The highest BCUT2D eigenvalue weighted by Gasteiger charge is 2.40. The van der Waals surface area contributed by atoms with Crippen molar-refractivity contribution in [3.63, 3.8) is 0 Å². The zero-order valence-electron chi connectivity index (χ0n) is 13.5. The topological polar surface area (TPSA) is 91.0 Å². The first-order valence-corrected chi connectivity index (χ1v) is 8.24. The van der Waals surface area contributed by atoms with Crippen LogP contribution in [0.4, 0.5) is 5.88 Å². The maximum atomic E-state index is 12.1. The van der Waals surface area contributed by atoms with Crippen LogP contribution in [-0.4, -0.2) is 34.2 Å². The van der Waals surface area contributed by atoms with E-state index in [4.69, 9.17) is 9.52 Å². The summed E-state index contributed by atoms with van der Waals surface area (Å²) in [6.45, 7) is 2.01. The molecular formula is C17H25NO5. The van der Waals surface area contributed by atoms with Gasteiger partial charge in [0.05, 0.1) is 18.3 Å². The molecule has 1 atom stereocenters. The molecule has 0 aliphatic heterocycles. The lowest BCUT2D eigenvalue weighted by Crippen LogP contribution is -2.43. The number of hydrogen-bond acceptors (Lipinski definition) is 4. The van der Waals surface area contributed by atoms with Gasteiger partial charge in [-0.1, -0.05) is 19.8 Å². The first kappa shape index (κ1) is 17.5. The molecule has 1 fully saturated rings. The first-order chi connectivity index (χ1) is 11.0. The van der Waals surface area contributed by atoms with Crippen LogP contribution in [0.5, 0.6) is 0 Å². The van der Waals surface area contributed by atoms with Gasteiger partial charge in [0.15, 0.2) is 0 Å². The van der Waals surface area contributed by atoms with Gasteiger partial charge in [-0.15, -0.1) is 0 Å². The van der Waals surface area contributed by atoms with Crippen molar-refractivity contribution in [3.8, 4) is 0 Å². The van der Waals surface area contributed by atoms with Crippen LogP contribution in [0.15, 0.2) is 22.8 Å². The molecule has 2 N–H and O–H groups in total. The summed E-state index contributed by atoms with van der Waals surface area (Å²) in [7, 11) is 0. The molecule has 1 amide bonds. The number of rotatable bonds is 8. The zero-order valence-corrected chi connectivity index (χ0v) is 13.5. The zero-order chi connectivity index (χ0) is 16.9. The van der Waals surface area contributed by atoms with E-state index < -0.39 is 11.6 Å². The Morgan fingerprint density at radius 2 is 2.09 bits per heavy atom. The number of nitrogens with zero attached hydrogens (tertiary/aromatic N) is 1. The van der Waals surface area contributed by atoms with E-state index in [1.54, 1.807) is 19.1 Å². The molecule has 0 bridgehead atoms. The molecule has 6 heteroatoms. The normalized spacial score (nSPS) is 17.8. The minimum atomic E-state index is -1.28. The van der Waals surface area contributed by atoms with Crippen molar-refractivity contribution < 1.29 is 24.2 Å². The molecule has 1 aromatic heterocycles. The van der Waals surface area contributed by atoms with Crippen LogP contribution >= 0.6 is 0 Å². The van der Waals surface area contributed by atoms with E-state index in [0.29, 0.717) is 12.3 Å². The quantitative estimate of drug-likeness (QED) is 0.767. The molecule has 1 aliphatic rings. The molecule has 23 heavy (non-hydrogen) atoms. The Labute approximate surface area is 136 Å². The molecular weight excluding hydrogens is 298 g/mol. The van der Waals surface area contributed by atoms with Gasteiger partial charge in [0, 0.05) is 19.0 Å². The second kappa shape index (κ2) is 7.64. The number of carboxylic acid groups (broad SMARTS) is 1. The van der Waals surface area contributed by atoms with E-state index in [-0.39, 0.29) is 31.2 Å². The highest BCUT2D eigenvalue weighted by atomic mass is 16.4. The number of carboxylic acids is 1. The lowest BCUT2D eigenvalue weighted by molar-refractivity contribution is -0.145. The Morgan fingerprint density at radius 1 is 1.39 bits per heavy atom. The molecule has 2 rings (SSSR count). The van der Waals surface area contributed by atoms with E-state index in [1.807, 2.05) is 0 Å². The predicted molar refractivity (Wildman–Crippen MR) is 85.1 cm³/mol. The van der Waals surface area contributed by atoms with Crippen LogP contribution in [0.3, 0.4) is 0 Å². The van der Waals surface area contributed by atoms with Crippen LogP contribution in [0.2, 0.25) is 0 Å². The van der Waals surface area contributed by atoms with Crippen LogP contribution < -0.4 is 4.90 Å². The maximum absolute atomic E-state index is 12.1. The molecule has 0 radical (unpaired) electrons. The monoisotopic (exact) mass is 323 g/mol. The van der Waals surface area contributed by atoms with Gasteiger partial charge in [0.1, 0.15) is 0 Å². The Morgan fingerprint density at radius 3 is 2.61 bits per heavy atom. The van der Waals surface area contributed by atoms with E-state index >= 15 is 0 Å². The Kier molecular flexibility index (Phi) is 5.82. The van der Waals surface area contributed by atoms with E-state index in [9.17, 15) is 14.7 Å². The largest absolute Gasteiger partial charge is 0.481 e. The molecule has 6 nitrogen and oxygen atoms in total. The lowest BCUT2D eigenvalue weighted by Gasteiger charge is -2.34. The van der Waals surface area contributed by atoms with Crippen LogP contribution in [0.25, 0.3) is 0 Å². The fourth-order valence-electron chi connectivity index (χ4n) is 3.44. The van der Waals surface area contributed by atoms with Crippen molar-refractivity contribution in [3.05, 3.63) is 18.4 Å². The summed E-state index contributed by atoms with van der Waals surface area (Å²) in [4.78, 5) is 24.8. The summed E-state index contributed by atoms with van der Waals surface area (Å²) in [5.41, 5.74) is -1.28. The van der Waals surface area contributed by atoms with Gasteiger partial charge in [0.25, 0.3) is 0 Å². The number of aliphatic hydroxyl groups is 1. The second-order valence-electron chi connectivity index (χ2n) is 6.26. The van der Waals surface area contributed by atoms with Gasteiger partial charge in [-0.25, -0.2) is 0 Å². The molecule has 1 heterocycles. The predicted octanol–water partition coefficient (Wildman–Crippen LogP) is 2.81. The van der Waals surface area contributed by atoms with E-state index in [1.165, 1.54) is 11.2 Å². The smallest absolute Gasteiger partial charge is 0.306 e. The highest BCUT2D eigenvalue weighted by Crippen LogP contribution is 2.38. The average Bonchev–Trinajstić information content (AvgIpc) is 3.20. The van der Waals surface area contributed by atoms with Crippen molar-refractivity contribution in [1.29, 1.82) is 0 Å². The molecule has 1 saturated carbocycles. The standard InChI is InChI=1S/C17H25NO5/c1-2-14(19)18(15-8-5-11-23-15)10-9-17(22,12-16(20)21)13-6-3-4-7-13/h5,8,11,13,22H,2-4,6-7,9-10,12H2,1H3,(H,20,21). The van der Waals surface area contributed by atoms with Gasteiger partial charge in [-0.2, -0.15) is 0 Å². The molecule has 1 aromatic rings. The van der Waals surface area contributed by atoms with Gasteiger partial charge in [-0.05, 0) is 31.2 Å². The van der Waals surface area contributed by atoms with Gasteiger partial charge < -0.3 is 14.6 Å². The highest BCUT2D eigenvalue weighted by molar-refractivity contribution is 5.91. The number of amides is 1. The minimum absolute atomic E-state index is 0.0196. The van der Waals surface area contributed by atoms with Crippen LogP contribution in [0.1, 0.15) is 51.9 Å². The number of hydrogen-bond donors (Lipinski definition) is 2. The summed E-state index contributed by atoms with van der Waals surface area (Å²) < 4.78 is 5.30. The van der Waals surface area contributed by atoms with Crippen LogP contribution in [0, 0.1) is 5.92 Å². The first-order valence-electron chi connectivity index (χ1n) is 8.24. The average molecular weight is 323 g/mol. The van der Waals surface area contributed by atoms with Crippen molar-refractivity contribution in [2.45, 2.75) is 57.5 Å². The number of carbonyl (C=O) groups excluding carboxylic acids is 1. The Balaban J connectivity index is 2.11. The fraction of sp³-hybridized carbons (Fsp3) is 0.647. The second-order valence-corrected chi connectivity index (χ2v) is 6.26. The summed E-state index contributed by atoms with van der Waals surface area (Å²) >= 11 is 0. The summed E-state index contributed by atoms with van der Waals surface area (Å²) in [5.74, 6) is -0.704. The molecule has 0 aromatic carbocycles. The van der Waals surface area contributed by atoms with E-state index in [0.717, 1.165) is 25.7 Å². The van der Waals surface area contributed by atoms with Crippen LogP contribution in [-0.2, 0) is 9.59 Å². The summed E-state index contributed by atoms with van der Waals surface area (Å²) in [5, 5.41) is 20.1. The molecule has 0 spiro atoms. The molecule has 128 valence electrons.